The van der Waals surface area contributed by atoms with Crippen molar-refractivity contribution < 1.29 is 0 Å². The smallest absolute Gasteiger partial charge is 0.0569 e. The Bertz CT molecular complexity index is 653. The summed E-state index contributed by atoms with van der Waals surface area (Å²) in [6.07, 6.45) is 2.18. The summed E-state index contributed by atoms with van der Waals surface area (Å²) in [6, 6.07) is 13.2. The van der Waals surface area contributed by atoms with Gasteiger partial charge in [0, 0.05) is 23.1 Å². The van der Waals surface area contributed by atoms with E-state index in [0.717, 1.165) is 19.6 Å². The van der Waals surface area contributed by atoms with Gasteiger partial charge in [-0.05, 0) is 41.1 Å². The quantitative estimate of drug-likeness (QED) is 0.745. The maximum Gasteiger partial charge on any atom is 0.0569 e. The van der Waals surface area contributed by atoms with Crippen LogP contribution in [-0.2, 0) is 13.1 Å². The fraction of sp³-hybridized carbons (Fsp3) is 0.250. The topological polar surface area (TPSA) is 17.0 Å². The van der Waals surface area contributed by atoms with Gasteiger partial charge in [-0.25, -0.2) is 0 Å². The Morgan fingerprint density at radius 2 is 2.16 bits per heavy atom. The standard InChI is InChI=1S/C16H18N2S/c1-2-17-11-13-5-6-14-7-8-18(16(14)10-13)12-15-4-3-9-19-15/h3-10,17H,2,11-12H2,1H3. The first kappa shape index (κ1) is 12.5. The molecule has 2 aromatic heterocycles. The molecule has 3 heteroatoms. The Morgan fingerprint density at radius 3 is 2.95 bits per heavy atom. The zero-order valence-electron chi connectivity index (χ0n) is 11.1. The predicted molar refractivity (Wildman–Crippen MR) is 82.7 cm³/mol. The van der Waals surface area contributed by atoms with E-state index in [1.54, 1.807) is 0 Å². The van der Waals surface area contributed by atoms with Crippen LogP contribution in [0.15, 0.2) is 48.0 Å². The van der Waals surface area contributed by atoms with Crippen molar-refractivity contribution >= 4 is 22.2 Å². The highest BCUT2D eigenvalue weighted by Crippen LogP contribution is 2.20. The summed E-state index contributed by atoms with van der Waals surface area (Å²) >= 11 is 1.81. The molecule has 1 N–H and O–H groups in total. The SMILES string of the molecule is CCNCc1ccc2ccn(Cc3cccs3)c2c1. The van der Waals surface area contributed by atoms with Crippen LogP contribution in [0, 0.1) is 0 Å². The minimum atomic E-state index is 0.941. The number of benzene rings is 1. The predicted octanol–water partition coefficient (Wildman–Crippen LogP) is 3.86. The van der Waals surface area contributed by atoms with Crippen molar-refractivity contribution in [1.82, 2.24) is 9.88 Å². The number of nitrogens with one attached hydrogen (secondary N) is 1. The van der Waals surface area contributed by atoms with Crippen molar-refractivity contribution in [1.29, 1.82) is 0 Å². The molecule has 19 heavy (non-hydrogen) atoms. The van der Waals surface area contributed by atoms with Gasteiger partial charge in [0.2, 0.25) is 0 Å². The number of aromatic nitrogens is 1. The van der Waals surface area contributed by atoms with Crippen LogP contribution in [0.5, 0.6) is 0 Å². The summed E-state index contributed by atoms with van der Waals surface area (Å²) < 4.78 is 2.33. The van der Waals surface area contributed by atoms with Gasteiger partial charge in [0.25, 0.3) is 0 Å². The van der Waals surface area contributed by atoms with Crippen molar-refractivity contribution in [2.45, 2.75) is 20.0 Å². The van der Waals surface area contributed by atoms with E-state index in [9.17, 15) is 0 Å². The number of thiophene rings is 1. The second-order valence-electron chi connectivity index (χ2n) is 4.70. The molecule has 0 saturated carbocycles. The highest BCUT2D eigenvalue weighted by Gasteiger charge is 2.03. The summed E-state index contributed by atoms with van der Waals surface area (Å²) in [4.78, 5) is 1.40. The van der Waals surface area contributed by atoms with E-state index in [0.29, 0.717) is 0 Å². The molecule has 3 aromatic rings. The van der Waals surface area contributed by atoms with Crippen LogP contribution in [0.3, 0.4) is 0 Å². The molecule has 0 aliphatic carbocycles. The Kier molecular flexibility index (Phi) is 3.67. The molecule has 3 rings (SSSR count). The van der Waals surface area contributed by atoms with Crippen LogP contribution >= 0.6 is 11.3 Å². The molecular weight excluding hydrogens is 252 g/mol. The lowest BCUT2D eigenvalue weighted by atomic mass is 10.1. The summed E-state index contributed by atoms with van der Waals surface area (Å²) in [5.41, 5.74) is 2.67. The van der Waals surface area contributed by atoms with E-state index in [1.807, 2.05) is 11.3 Å². The van der Waals surface area contributed by atoms with Crippen LogP contribution < -0.4 is 5.32 Å². The maximum atomic E-state index is 3.38. The van der Waals surface area contributed by atoms with Crippen molar-refractivity contribution in [2.24, 2.45) is 0 Å². The van der Waals surface area contributed by atoms with Gasteiger partial charge >= 0.3 is 0 Å². The van der Waals surface area contributed by atoms with E-state index in [1.165, 1.54) is 21.3 Å². The molecule has 0 radical (unpaired) electrons. The third-order valence-corrected chi connectivity index (χ3v) is 4.18. The van der Waals surface area contributed by atoms with E-state index in [2.05, 4.69) is 64.8 Å². The second-order valence-corrected chi connectivity index (χ2v) is 5.73. The van der Waals surface area contributed by atoms with Crippen molar-refractivity contribution in [3.63, 3.8) is 0 Å². The fourth-order valence-electron chi connectivity index (χ4n) is 2.32. The van der Waals surface area contributed by atoms with E-state index in [-0.39, 0.29) is 0 Å². The minimum absolute atomic E-state index is 0.941. The Morgan fingerprint density at radius 1 is 1.21 bits per heavy atom. The molecule has 0 unspecified atom stereocenters. The third-order valence-electron chi connectivity index (χ3n) is 3.32. The van der Waals surface area contributed by atoms with Gasteiger partial charge in [-0.1, -0.05) is 25.1 Å². The van der Waals surface area contributed by atoms with Gasteiger partial charge in [-0.2, -0.15) is 0 Å². The molecule has 2 nitrogen and oxygen atoms in total. The van der Waals surface area contributed by atoms with Gasteiger partial charge in [0.1, 0.15) is 0 Å². The van der Waals surface area contributed by atoms with E-state index in [4.69, 9.17) is 0 Å². The lowest BCUT2D eigenvalue weighted by Crippen LogP contribution is -2.11. The third kappa shape index (κ3) is 2.72. The summed E-state index contributed by atoms with van der Waals surface area (Å²) in [6.45, 7) is 5.05. The second kappa shape index (κ2) is 5.59. The molecule has 0 bridgehead atoms. The molecule has 0 fully saturated rings. The molecule has 0 spiro atoms. The molecule has 0 atom stereocenters. The fourth-order valence-corrected chi connectivity index (χ4v) is 3.02. The molecule has 0 saturated heterocycles. The molecule has 0 amide bonds. The average Bonchev–Trinajstić information content (AvgIpc) is 3.07. The number of nitrogens with zero attached hydrogens (tertiary/aromatic N) is 1. The molecule has 2 heterocycles. The molecule has 0 aliphatic rings. The number of hydrogen-bond acceptors (Lipinski definition) is 2. The lowest BCUT2D eigenvalue weighted by molar-refractivity contribution is 0.727. The van der Waals surface area contributed by atoms with Gasteiger partial charge in [0.15, 0.2) is 0 Å². The van der Waals surface area contributed by atoms with Gasteiger partial charge < -0.3 is 9.88 Å². The maximum absolute atomic E-state index is 3.38. The summed E-state index contributed by atoms with van der Waals surface area (Å²) in [5, 5.41) is 6.83. The van der Waals surface area contributed by atoms with Crippen LogP contribution in [0.2, 0.25) is 0 Å². The minimum Gasteiger partial charge on any atom is -0.342 e. The molecular formula is C16H18N2S. The Labute approximate surface area is 117 Å². The summed E-state index contributed by atoms with van der Waals surface area (Å²) in [7, 11) is 0. The average molecular weight is 270 g/mol. The van der Waals surface area contributed by atoms with Gasteiger partial charge in [0.05, 0.1) is 6.54 Å². The van der Waals surface area contributed by atoms with Crippen LogP contribution in [0.4, 0.5) is 0 Å². The van der Waals surface area contributed by atoms with Crippen molar-refractivity contribution in [2.75, 3.05) is 6.54 Å². The van der Waals surface area contributed by atoms with Crippen LogP contribution in [-0.4, -0.2) is 11.1 Å². The highest BCUT2D eigenvalue weighted by molar-refractivity contribution is 7.09. The first-order chi connectivity index (χ1) is 9.36. The van der Waals surface area contributed by atoms with Crippen LogP contribution in [0.1, 0.15) is 17.4 Å². The monoisotopic (exact) mass is 270 g/mol. The first-order valence-corrected chi connectivity index (χ1v) is 7.55. The Balaban J connectivity index is 1.91. The van der Waals surface area contributed by atoms with Crippen molar-refractivity contribution in [3.8, 4) is 0 Å². The zero-order chi connectivity index (χ0) is 13.1. The van der Waals surface area contributed by atoms with E-state index < -0.39 is 0 Å². The molecule has 1 aromatic carbocycles. The van der Waals surface area contributed by atoms with E-state index >= 15 is 0 Å². The first-order valence-electron chi connectivity index (χ1n) is 6.67. The number of hydrogen-bond donors (Lipinski definition) is 1. The normalized spacial score (nSPS) is 11.2. The van der Waals surface area contributed by atoms with Crippen molar-refractivity contribution in [3.05, 3.63) is 58.4 Å². The number of fused-ring (bicyclic) bond motifs is 1. The number of rotatable bonds is 5. The zero-order valence-corrected chi connectivity index (χ0v) is 11.9. The largest absolute Gasteiger partial charge is 0.342 e. The van der Waals surface area contributed by atoms with Gasteiger partial charge in [-0.15, -0.1) is 11.3 Å². The molecule has 98 valence electrons. The Hall–Kier alpha value is -1.58. The van der Waals surface area contributed by atoms with Gasteiger partial charge in [-0.3, -0.25) is 0 Å². The lowest BCUT2D eigenvalue weighted by Gasteiger charge is -2.06. The molecule has 0 aliphatic heterocycles. The van der Waals surface area contributed by atoms with Crippen LogP contribution in [0.25, 0.3) is 10.9 Å². The summed E-state index contributed by atoms with van der Waals surface area (Å²) in [5.74, 6) is 0. The highest BCUT2D eigenvalue weighted by atomic mass is 32.1.